The van der Waals surface area contributed by atoms with Gasteiger partial charge in [-0.15, -0.1) is 12.4 Å². The fourth-order valence-electron chi connectivity index (χ4n) is 3.16. The SMILES string of the molecule is COc1cc(NC(=O)[C@@H]2CC[C@H](CN)O2)c(OC)cc1NC(=O)c1ccccc1.Cl. The normalized spacial score (nSPS) is 17.6. The van der Waals surface area contributed by atoms with E-state index < -0.39 is 6.10 Å². The molecule has 162 valence electrons. The molecule has 3 rings (SSSR count). The molecule has 9 heteroatoms. The number of amides is 2. The molecular weight excluding hydrogens is 410 g/mol. The van der Waals surface area contributed by atoms with Crippen LogP contribution in [0.25, 0.3) is 0 Å². The molecule has 2 aromatic rings. The Morgan fingerprint density at radius 1 is 1.03 bits per heavy atom. The predicted molar refractivity (Wildman–Crippen MR) is 117 cm³/mol. The van der Waals surface area contributed by atoms with Gasteiger partial charge in [0.05, 0.1) is 31.7 Å². The summed E-state index contributed by atoms with van der Waals surface area (Å²) < 4.78 is 16.4. The maximum atomic E-state index is 12.5. The van der Waals surface area contributed by atoms with Crippen molar-refractivity contribution >= 4 is 35.6 Å². The van der Waals surface area contributed by atoms with Gasteiger partial charge in [0.15, 0.2) is 0 Å². The topological polar surface area (TPSA) is 112 Å². The van der Waals surface area contributed by atoms with Gasteiger partial charge in [0.25, 0.3) is 11.8 Å². The standard InChI is InChI=1S/C21H25N3O5.ClH/c1-27-18-11-16(24-21(26)17-9-8-14(12-22)29-17)19(28-2)10-15(18)23-20(25)13-6-4-3-5-7-13;/h3-7,10-11,14,17H,8-9,12,22H2,1-2H3,(H,23,25)(H,24,26);1H/t14-,17+;/m1./s1. The van der Waals surface area contributed by atoms with Crippen molar-refractivity contribution in [1.82, 2.24) is 0 Å². The molecule has 30 heavy (non-hydrogen) atoms. The summed E-state index contributed by atoms with van der Waals surface area (Å²) in [6.07, 6.45) is 0.701. The lowest BCUT2D eigenvalue weighted by molar-refractivity contribution is -0.126. The first kappa shape index (κ1) is 23.5. The molecule has 8 nitrogen and oxygen atoms in total. The second-order valence-corrected chi connectivity index (χ2v) is 6.62. The van der Waals surface area contributed by atoms with Gasteiger partial charge in [0.2, 0.25) is 0 Å². The molecule has 0 aliphatic carbocycles. The Balaban J connectivity index is 0.00000320. The largest absolute Gasteiger partial charge is 0.494 e. The minimum atomic E-state index is -0.559. The molecule has 1 saturated heterocycles. The first-order valence-electron chi connectivity index (χ1n) is 9.34. The zero-order chi connectivity index (χ0) is 20.8. The minimum absolute atomic E-state index is 0. The Morgan fingerprint density at radius 3 is 2.17 bits per heavy atom. The zero-order valence-corrected chi connectivity index (χ0v) is 17.7. The molecule has 0 unspecified atom stereocenters. The summed E-state index contributed by atoms with van der Waals surface area (Å²) in [5.41, 5.74) is 6.97. The van der Waals surface area contributed by atoms with E-state index >= 15 is 0 Å². The van der Waals surface area contributed by atoms with Gasteiger partial charge in [-0.25, -0.2) is 0 Å². The summed E-state index contributed by atoms with van der Waals surface area (Å²) in [5, 5.41) is 5.62. The molecule has 1 fully saturated rings. The van der Waals surface area contributed by atoms with E-state index in [0.29, 0.717) is 41.4 Å². The van der Waals surface area contributed by atoms with Crippen molar-refractivity contribution in [3.63, 3.8) is 0 Å². The number of methoxy groups -OCH3 is 2. The predicted octanol–water partition coefficient (Wildman–Crippen LogP) is 2.82. The summed E-state index contributed by atoms with van der Waals surface area (Å²) in [6.45, 7) is 0.386. The molecule has 2 aromatic carbocycles. The van der Waals surface area contributed by atoms with E-state index in [-0.39, 0.29) is 30.3 Å². The van der Waals surface area contributed by atoms with E-state index in [1.54, 1.807) is 36.4 Å². The average molecular weight is 436 g/mol. The number of benzene rings is 2. The molecule has 0 radical (unpaired) electrons. The number of nitrogens with two attached hydrogens (primary N) is 1. The molecule has 1 heterocycles. The van der Waals surface area contributed by atoms with Crippen molar-refractivity contribution in [3.8, 4) is 11.5 Å². The van der Waals surface area contributed by atoms with E-state index in [0.717, 1.165) is 6.42 Å². The number of nitrogens with one attached hydrogen (secondary N) is 2. The van der Waals surface area contributed by atoms with Gasteiger partial charge in [-0.1, -0.05) is 18.2 Å². The molecule has 1 aliphatic heterocycles. The average Bonchev–Trinajstić information content (AvgIpc) is 3.24. The Hall–Kier alpha value is -2.81. The van der Waals surface area contributed by atoms with Crippen LogP contribution in [0.5, 0.6) is 11.5 Å². The number of carbonyl (C=O) groups excluding carboxylic acids is 2. The number of anilines is 2. The first-order chi connectivity index (χ1) is 14.0. The van der Waals surface area contributed by atoms with Gasteiger partial charge in [0, 0.05) is 24.2 Å². The van der Waals surface area contributed by atoms with Gasteiger partial charge in [-0.2, -0.15) is 0 Å². The molecule has 4 N–H and O–H groups in total. The van der Waals surface area contributed by atoms with Crippen LogP contribution in [0, 0.1) is 0 Å². The van der Waals surface area contributed by atoms with Crippen LogP contribution in [0.1, 0.15) is 23.2 Å². The lowest BCUT2D eigenvalue weighted by Gasteiger charge is -2.18. The number of ether oxygens (including phenoxy) is 3. The lowest BCUT2D eigenvalue weighted by atomic mass is 10.1. The number of halogens is 1. The van der Waals surface area contributed by atoms with Crippen LogP contribution in [-0.4, -0.2) is 44.8 Å². The second kappa shape index (κ2) is 10.8. The summed E-state index contributed by atoms with van der Waals surface area (Å²) >= 11 is 0. The Labute approximate surface area is 181 Å². The number of carbonyl (C=O) groups is 2. The molecule has 2 amide bonds. The molecule has 0 saturated carbocycles. The molecule has 0 aromatic heterocycles. The van der Waals surface area contributed by atoms with Crippen LogP contribution in [0.4, 0.5) is 11.4 Å². The fourth-order valence-corrected chi connectivity index (χ4v) is 3.16. The van der Waals surface area contributed by atoms with Crippen molar-refractivity contribution in [1.29, 1.82) is 0 Å². The smallest absolute Gasteiger partial charge is 0.255 e. The van der Waals surface area contributed by atoms with Gasteiger partial charge >= 0.3 is 0 Å². The molecule has 2 atom stereocenters. The van der Waals surface area contributed by atoms with Crippen molar-refractivity contribution in [2.75, 3.05) is 31.4 Å². The highest BCUT2D eigenvalue weighted by Gasteiger charge is 2.30. The molecule has 0 bridgehead atoms. The van der Waals surface area contributed by atoms with E-state index in [1.807, 2.05) is 6.07 Å². The van der Waals surface area contributed by atoms with E-state index in [4.69, 9.17) is 19.9 Å². The highest BCUT2D eigenvalue weighted by molar-refractivity contribution is 6.05. The third-order valence-electron chi connectivity index (χ3n) is 4.73. The van der Waals surface area contributed by atoms with Crippen LogP contribution < -0.4 is 25.8 Å². The Bertz CT molecular complexity index is 878. The number of rotatable bonds is 7. The van der Waals surface area contributed by atoms with Crippen LogP contribution in [0.15, 0.2) is 42.5 Å². The van der Waals surface area contributed by atoms with Gasteiger partial charge in [-0.05, 0) is 25.0 Å². The van der Waals surface area contributed by atoms with Crippen LogP contribution in [-0.2, 0) is 9.53 Å². The van der Waals surface area contributed by atoms with Crippen LogP contribution in [0.3, 0.4) is 0 Å². The third-order valence-corrected chi connectivity index (χ3v) is 4.73. The Kier molecular flexibility index (Phi) is 8.46. The summed E-state index contributed by atoms with van der Waals surface area (Å²) in [4.78, 5) is 25.0. The minimum Gasteiger partial charge on any atom is -0.494 e. The summed E-state index contributed by atoms with van der Waals surface area (Å²) in [5.74, 6) is 0.214. The maximum Gasteiger partial charge on any atom is 0.255 e. The van der Waals surface area contributed by atoms with E-state index in [2.05, 4.69) is 10.6 Å². The van der Waals surface area contributed by atoms with Crippen molar-refractivity contribution < 1.29 is 23.8 Å². The fraction of sp³-hybridized carbons (Fsp3) is 0.333. The van der Waals surface area contributed by atoms with Gasteiger partial charge < -0.3 is 30.6 Å². The molecule has 0 spiro atoms. The number of hydrogen-bond acceptors (Lipinski definition) is 6. The van der Waals surface area contributed by atoms with Crippen molar-refractivity contribution in [2.24, 2.45) is 5.73 Å². The third kappa shape index (κ3) is 5.41. The summed E-state index contributed by atoms with van der Waals surface area (Å²) in [6, 6.07) is 12.0. The number of hydrogen-bond donors (Lipinski definition) is 3. The van der Waals surface area contributed by atoms with Crippen LogP contribution in [0.2, 0.25) is 0 Å². The highest BCUT2D eigenvalue weighted by atomic mass is 35.5. The van der Waals surface area contributed by atoms with Crippen molar-refractivity contribution in [3.05, 3.63) is 48.0 Å². The zero-order valence-electron chi connectivity index (χ0n) is 16.8. The van der Waals surface area contributed by atoms with Crippen LogP contribution >= 0.6 is 12.4 Å². The maximum absolute atomic E-state index is 12.5. The quantitative estimate of drug-likeness (QED) is 0.616. The highest BCUT2D eigenvalue weighted by Crippen LogP contribution is 2.37. The van der Waals surface area contributed by atoms with Gasteiger partial charge in [-0.3, -0.25) is 9.59 Å². The first-order valence-corrected chi connectivity index (χ1v) is 9.34. The molecular formula is C21H26ClN3O5. The summed E-state index contributed by atoms with van der Waals surface area (Å²) in [7, 11) is 2.97. The van der Waals surface area contributed by atoms with E-state index in [1.165, 1.54) is 14.2 Å². The second-order valence-electron chi connectivity index (χ2n) is 6.62. The molecule has 1 aliphatic rings. The Morgan fingerprint density at radius 2 is 1.63 bits per heavy atom. The lowest BCUT2D eigenvalue weighted by Crippen LogP contribution is -2.30. The van der Waals surface area contributed by atoms with E-state index in [9.17, 15) is 9.59 Å². The van der Waals surface area contributed by atoms with Crippen molar-refractivity contribution in [2.45, 2.75) is 25.0 Å². The monoisotopic (exact) mass is 435 g/mol. The van der Waals surface area contributed by atoms with Gasteiger partial charge in [0.1, 0.15) is 17.6 Å².